The van der Waals surface area contributed by atoms with Crippen LogP contribution in [0.5, 0.6) is 0 Å². The Balaban J connectivity index is 1.79. The number of nitrogens with one attached hydrogen (secondary N) is 2. The third-order valence-corrected chi connectivity index (χ3v) is 7.55. The van der Waals surface area contributed by atoms with Gasteiger partial charge >= 0.3 is 5.97 Å². The highest BCUT2D eigenvalue weighted by molar-refractivity contribution is 7.98. The van der Waals surface area contributed by atoms with Crippen molar-refractivity contribution in [1.82, 2.24) is 20.4 Å². The highest BCUT2D eigenvalue weighted by Gasteiger charge is 2.33. The smallest absolute Gasteiger partial charge is 0.326 e. The summed E-state index contributed by atoms with van der Waals surface area (Å²) in [6.45, 7) is 2.86. The Kier molecular flexibility index (Phi) is 11.6. The van der Waals surface area contributed by atoms with Crippen molar-refractivity contribution in [3.05, 3.63) is 48.0 Å². The Bertz CT molecular complexity index is 1160. The van der Waals surface area contributed by atoms with E-state index in [4.69, 9.17) is 5.73 Å². The van der Waals surface area contributed by atoms with E-state index in [1.54, 1.807) is 4.90 Å². The predicted molar refractivity (Wildman–Crippen MR) is 153 cm³/mol. The summed E-state index contributed by atoms with van der Waals surface area (Å²) in [6, 6.07) is 12.1. The number of nitrogens with two attached hydrogens (primary N) is 1. The summed E-state index contributed by atoms with van der Waals surface area (Å²) >= 11 is 1.53. The quantitative estimate of drug-likeness (QED) is 0.273. The number of carboxylic acid groups (broad SMARTS) is 1. The zero-order chi connectivity index (χ0) is 28.4. The van der Waals surface area contributed by atoms with Crippen LogP contribution in [0.15, 0.2) is 42.5 Å². The second-order valence-corrected chi connectivity index (χ2v) is 10.9. The minimum atomic E-state index is -1.06. The van der Waals surface area contributed by atoms with Gasteiger partial charge in [-0.15, -0.1) is 0 Å². The number of amides is 3. The van der Waals surface area contributed by atoms with Gasteiger partial charge < -0.3 is 26.4 Å². The van der Waals surface area contributed by atoms with Crippen molar-refractivity contribution in [3.8, 4) is 0 Å². The lowest BCUT2D eigenvalue weighted by Crippen LogP contribution is -2.53. The third-order valence-electron chi connectivity index (χ3n) is 6.90. The first kappa shape index (κ1) is 30.4. The lowest BCUT2D eigenvalue weighted by Gasteiger charge is -2.32. The van der Waals surface area contributed by atoms with E-state index in [1.807, 2.05) is 53.6 Å². The molecule has 2 unspecified atom stereocenters. The molecule has 39 heavy (non-hydrogen) atoms. The van der Waals surface area contributed by atoms with E-state index in [-0.39, 0.29) is 36.9 Å². The van der Waals surface area contributed by atoms with Gasteiger partial charge in [-0.3, -0.25) is 19.3 Å². The summed E-state index contributed by atoms with van der Waals surface area (Å²) in [4.78, 5) is 52.9. The maximum absolute atomic E-state index is 13.1. The van der Waals surface area contributed by atoms with Gasteiger partial charge in [0.1, 0.15) is 12.1 Å². The van der Waals surface area contributed by atoms with Crippen LogP contribution in [0.25, 0.3) is 10.8 Å². The second-order valence-electron chi connectivity index (χ2n) is 9.92. The van der Waals surface area contributed by atoms with Crippen molar-refractivity contribution in [1.29, 1.82) is 0 Å². The van der Waals surface area contributed by atoms with Crippen LogP contribution < -0.4 is 16.4 Å². The summed E-state index contributed by atoms with van der Waals surface area (Å²) in [5.74, 6) is -1.29. The van der Waals surface area contributed by atoms with Crippen LogP contribution >= 0.6 is 11.8 Å². The Morgan fingerprint density at radius 1 is 1.18 bits per heavy atom. The number of carbonyl (C=O) groups is 4. The van der Waals surface area contributed by atoms with Crippen LogP contribution in [0.3, 0.4) is 0 Å². The maximum Gasteiger partial charge on any atom is 0.326 e. The van der Waals surface area contributed by atoms with Gasteiger partial charge in [0.15, 0.2) is 0 Å². The minimum Gasteiger partial charge on any atom is -0.480 e. The number of hydrogen-bond acceptors (Lipinski definition) is 7. The highest BCUT2D eigenvalue weighted by Crippen LogP contribution is 2.23. The normalized spacial score (nSPS) is 16.7. The van der Waals surface area contributed by atoms with Gasteiger partial charge in [0.05, 0.1) is 6.54 Å². The van der Waals surface area contributed by atoms with Crippen molar-refractivity contribution in [2.75, 3.05) is 38.2 Å². The zero-order valence-corrected chi connectivity index (χ0v) is 23.4. The molecule has 2 aromatic carbocycles. The number of carbonyl (C=O) groups excluding carboxylic acids is 3. The number of nitrogens with zero attached hydrogens (tertiary/aromatic N) is 2. The van der Waals surface area contributed by atoms with E-state index in [0.717, 1.165) is 29.2 Å². The molecule has 0 aromatic heterocycles. The fourth-order valence-corrected chi connectivity index (χ4v) is 5.43. The molecule has 1 aliphatic rings. The molecule has 3 atom stereocenters. The first-order valence-electron chi connectivity index (χ1n) is 13.2. The molecule has 0 radical (unpaired) electrons. The summed E-state index contributed by atoms with van der Waals surface area (Å²) in [5.41, 5.74) is 7.13. The molecule has 2 aromatic rings. The van der Waals surface area contributed by atoms with Gasteiger partial charge in [0.2, 0.25) is 17.7 Å². The molecule has 10 nitrogen and oxygen atoms in total. The third kappa shape index (κ3) is 8.94. The number of hydrogen-bond donors (Lipinski definition) is 4. The van der Waals surface area contributed by atoms with Crippen molar-refractivity contribution >= 4 is 46.2 Å². The lowest BCUT2D eigenvalue weighted by atomic mass is 10.0. The van der Waals surface area contributed by atoms with E-state index in [1.165, 1.54) is 18.7 Å². The molecule has 0 aliphatic carbocycles. The molecule has 212 valence electrons. The molecule has 5 N–H and O–H groups in total. The molecular weight excluding hydrogens is 518 g/mol. The number of benzene rings is 2. The van der Waals surface area contributed by atoms with Crippen LogP contribution in [0.2, 0.25) is 0 Å². The maximum atomic E-state index is 13.1. The van der Waals surface area contributed by atoms with E-state index in [0.29, 0.717) is 31.8 Å². The largest absolute Gasteiger partial charge is 0.480 e. The van der Waals surface area contributed by atoms with Crippen molar-refractivity contribution in [2.24, 2.45) is 5.73 Å². The average molecular weight is 558 g/mol. The van der Waals surface area contributed by atoms with Gasteiger partial charge in [0.25, 0.3) is 0 Å². The topological polar surface area (TPSA) is 145 Å². The summed E-state index contributed by atoms with van der Waals surface area (Å²) < 4.78 is 0. The standard InChI is InChI=1S/C28H39N5O5S/c1-19(34)30-15-24(29)27(36)33-13-6-10-22(33)17-32(18-26(35)31-25(28(37)38)12-14-39-2)16-21-9-5-8-20-7-3-4-11-23(20)21/h3-5,7-9,11,22,24-25H,6,10,12-18,29H2,1-2H3,(H,30,34)(H,31,35)(H,37,38)/t22-,24?,25?/m0/s1. The first-order chi connectivity index (χ1) is 18.7. The monoisotopic (exact) mass is 557 g/mol. The molecular formula is C28H39N5O5S. The molecule has 0 saturated carbocycles. The van der Waals surface area contributed by atoms with E-state index >= 15 is 0 Å². The SMILES string of the molecule is CSCCC(NC(=O)CN(Cc1cccc2ccccc12)C[C@@H]1CCCN1C(=O)C(N)CNC(C)=O)C(=O)O. The summed E-state index contributed by atoms with van der Waals surface area (Å²) in [5, 5.41) is 17.0. The molecule has 3 rings (SSSR count). The number of likely N-dealkylation sites (tertiary alicyclic amines) is 1. The molecule has 11 heteroatoms. The molecule has 0 bridgehead atoms. The number of rotatable bonds is 14. The molecule has 1 fully saturated rings. The minimum absolute atomic E-state index is 0.0112. The predicted octanol–water partition coefficient (Wildman–Crippen LogP) is 1.42. The second kappa shape index (κ2) is 14.9. The molecule has 1 aliphatic heterocycles. The molecule has 1 saturated heterocycles. The summed E-state index contributed by atoms with van der Waals surface area (Å²) in [7, 11) is 0. The van der Waals surface area contributed by atoms with Gasteiger partial charge in [-0.2, -0.15) is 11.8 Å². The van der Waals surface area contributed by atoms with Crippen LogP contribution in [-0.4, -0.2) is 94.9 Å². The van der Waals surface area contributed by atoms with Gasteiger partial charge in [-0.25, -0.2) is 4.79 Å². The number of fused-ring (bicyclic) bond motifs is 1. The van der Waals surface area contributed by atoms with Crippen molar-refractivity contribution < 1.29 is 24.3 Å². The fourth-order valence-electron chi connectivity index (χ4n) is 4.96. The fraction of sp³-hybridized carbons (Fsp3) is 0.500. The van der Waals surface area contributed by atoms with Gasteiger partial charge in [-0.1, -0.05) is 42.5 Å². The number of aliphatic carboxylic acids is 1. The van der Waals surface area contributed by atoms with Crippen molar-refractivity contribution in [3.63, 3.8) is 0 Å². The van der Waals surface area contributed by atoms with Gasteiger partial charge in [0, 0.05) is 39.1 Å². The highest BCUT2D eigenvalue weighted by atomic mass is 32.2. The van der Waals surface area contributed by atoms with Crippen LogP contribution in [0.1, 0.15) is 31.7 Å². The van der Waals surface area contributed by atoms with E-state index < -0.39 is 18.1 Å². The van der Waals surface area contributed by atoms with Gasteiger partial charge in [-0.05, 0) is 47.6 Å². The number of carboxylic acids is 1. The Labute approximate surface area is 233 Å². The average Bonchev–Trinajstić information content (AvgIpc) is 3.37. The molecule has 1 heterocycles. The Hall–Kier alpha value is -3.15. The number of thioether (sulfide) groups is 1. The zero-order valence-electron chi connectivity index (χ0n) is 22.6. The van der Waals surface area contributed by atoms with Crippen LogP contribution in [0.4, 0.5) is 0 Å². The summed E-state index contributed by atoms with van der Waals surface area (Å²) in [6.07, 6.45) is 3.80. The lowest BCUT2D eigenvalue weighted by molar-refractivity contribution is -0.142. The Morgan fingerprint density at radius 3 is 2.64 bits per heavy atom. The van der Waals surface area contributed by atoms with Crippen LogP contribution in [0, 0.1) is 0 Å². The van der Waals surface area contributed by atoms with Crippen molar-refractivity contribution in [2.45, 2.75) is 50.9 Å². The molecule has 0 spiro atoms. The first-order valence-corrected chi connectivity index (χ1v) is 14.6. The van der Waals surface area contributed by atoms with E-state index in [2.05, 4.69) is 10.6 Å². The van der Waals surface area contributed by atoms with E-state index in [9.17, 15) is 24.3 Å². The Morgan fingerprint density at radius 2 is 1.92 bits per heavy atom. The molecule has 3 amide bonds. The van der Waals surface area contributed by atoms with Crippen LogP contribution in [-0.2, 0) is 25.7 Å².